The molecule has 5 rings (SSSR count). The highest BCUT2D eigenvalue weighted by Gasteiger charge is 2.54. The molecule has 5 heterocycles. The van der Waals surface area contributed by atoms with Gasteiger partial charge in [0.2, 0.25) is 11.1 Å². The van der Waals surface area contributed by atoms with Crippen molar-refractivity contribution in [1.29, 1.82) is 0 Å². The van der Waals surface area contributed by atoms with Crippen LogP contribution in [-0.4, -0.2) is 148 Å². The molecule has 3 aliphatic heterocycles. The van der Waals surface area contributed by atoms with Crippen molar-refractivity contribution in [1.82, 2.24) is 55.1 Å². The van der Waals surface area contributed by atoms with Crippen LogP contribution in [0.5, 0.6) is 0 Å². The molecule has 2 aromatic rings. The van der Waals surface area contributed by atoms with E-state index in [1.165, 1.54) is 28.4 Å². The molecule has 5 N–H and O–H groups in total. The van der Waals surface area contributed by atoms with E-state index >= 15 is 0 Å². The van der Waals surface area contributed by atoms with Crippen molar-refractivity contribution in [3.05, 3.63) is 17.1 Å². The minimum atomic E-state index is -1.33. The normalized spacial score (nSPS) is 20.9. The molecule has 268 valence electrons. The lowest BCUT2D eigenvalue weighted by Gasteiger charge is -2.49. The largest absolute Gasteiger partial charge is 0.477 e. The molecule has 2 saturated heterocycles. The number of nitrogens with zero attached hydrogens (tertiary/aromatic N) is 9. The number of β-lactam (4-membered cyclic amide) rings is 1. The summed E-state index contributed by atoms with van der Waals surface area (Å²) in [5.41, 5.74) is 7.86. The minimum absolute atomic E-state index is 0.0313. The summed E-state index contributed by atoms with van der Waals surface area (Å²) < 4.78 is 11.0. The average molecular weight is 741 g/mol. The molecule has 2 unspecified atom stereocenters. The Labute approximate surface area is 294 Å². The second-order valence-corrected chi connectivity index (χ2v) is 15.4. The van der Waals surface area contributed by atoms with Crippen LogP contribution < -0.4 is 16.5 Å². The second-order valence-electron chi connectivity index (χ2n) is 12.5. The van der Waals surface area contributed by atoms with Crippen LogP contribution in [0.4, 0.5) is 5.13 Å². The molecule has 2 aromatic heterocycles. The third kappa shape index (κ3) is 9.43. The first-order chi connectivity index (χ1) is 23.3. The summed E-state index contributed by atoms with van der Waals surface area (Å²) in [7, 11) is 2.12. The van der Waals surface area contributed by atoms with Crippen LogP contribution in [0.2, 0.25) is 0 Å². The third-order valence-corrected chi connectivity index (χ3v) is 10.6. The summed E-state index contributed by atoms with van der Waals surface area (Å²) in [5.74, 6) is -2.70. The number of nitrogen functional groups attached to an aromatic ring is 1. The molecule has 0 aromatic carbocycles. The number of thioether (sulfide) groups is 2. The number of anilines is 1. The maximum Gasteiger partial charge on any atom is 0.352 e. The number of aromatic nitrogens is 6. The number of hydroxylamine groups is 1. The van der Waals surface area contributed by atoms with Gasteiger partial charge in [0, 0.05) is 62.3 Å². The molecule has 2 amide bonds. The molecule has 3 atom stereocenters. The highest BCUT2D eigenvalue weighted by molar-refractivity contribution is 8.01. The molecule has 2 fully saturated rings. The van der Waals surface area contributed by atoms with Gasteiger partial charge in [-0.1, -0.05) is 11.8 Å². The number of carboxylic acid groups (broad SMARTS) is 1. The Morgan fingerprint density at radius 1 is 1.18 bits per heavy atom. The third-order valence-electron chi connectivity index (χ3n) is 7.65. The van der Waals surface area contributed by atoms with E-state index in [0.717, 1.165) is 50.7 Å². The number of piperazine rings is 1. The fraction of sp³-hybridized carbons (Fsp3) is 0.667. The number of aryl methyl sites for hydroxylation is 1. The molecular formula is C27H40N12O7S3. The van der Waals surface area contributed by atoms with E-state index in [4.69, 9.17) is 15.3 Å². The topological polar surface area (TPSA) is 236 Å². The first kappa shape index (κ1) is 36.9. The number of nitrogens with two attached hydrogens (primary N) is 1. The summed E-state index contributed by atoms with van der Waals surface area (Å²) in [6.45, 7) is 10.3. The van der Waals surface area contributed by atoms with Gasteiger partial charge in [-0.25, -0.2) is 19.3 Å². The van der Waals surface area contributed by atoms with Crippen LogP contribution in [0.3, 0.4) is 0 Å². The summed E-state index contributed by atoms with van der Waals surface area (Å²) in [5, 5.41) is 24.8. The Morgan fingerprint density at radius 3 is 2.61 bits per heavy atom. The van der Waals surface area contributed by atoms with Crippen LogP contribution in [-0.2, 0) is 35.3 Å². The van der Waals surface area contributed by atoms with E-state index < -0.39 is 53.4 Å². The number of carbonyl (C=O) groups excluding carboxylic acids is 3. The molecule has 19 nitrogen and oxygen atoms in total. The van der Waals surface area contributed by atoms with Gasteiger partial charge in [-0.15, -0.1) is 16.9 Å². The number of tetrazole rings is 1. The number of ether oxygens (including phenoxy) is 1. The zero-order valence-electron chi connectivity index (χ0n) is 27.5. The zero-order valence-corrected chi connectivity index (χ0v) is 30.0. The number of amides is 2. The highest BCUT2D eigenvalue weighted by atomic mass is 32.2. The predicted molar refractivity (Wildman–Crippen MR) is 179 cm³/mol. The molecular weight excluding hydrogens is 701 g/mol. The Bertz CT molecular complexity index is 1560. The number of hydrogen-bond donors (Lipinski definition) is 4. The summed E-state index contributed by atoms with van der Waals surface area (Å²) in [6, 6.07) is -2.36. The maximum absolute atomic E-state index is 13.4. The number of likely N-dealkylation sites (N-methyl/N-ethyl adjacent to an activating group) is 1. The van der Waals surface area contributed by atoms with Crippen molar-refractivity contribution in [3.63, 3.8) is 0 Å². The van der Waals surface area contributed by atoms with Crippen LogP contribution >= 0.6 is 35.1 Å². The van der Waals surface area contributed by atoms with Crippen molar-refractivity contribution in [2.24, 2.45) is 0 Å². The van der Waals surface area contributed by atoms with Crippen molar-refractivity contribution < 1.29 is 33.9 Å². The van der Waals surface area contributed by atoms with Crippen LogP contribution in [0.15, 0.2) is 16.4 Å². The first-order valence-electron chi connectivity index (χ1n) is 15.5. The highest BCUT2D eigenvalue weighted by Crippen LogP contribution is 2.41. The van der Waals surface area contributed by atoms with E-state index in [-0.39, 0.29) is 22.4 Å². The van der Waals surface area contributed by atoms with E-state index in [1.54, 1.807) is 25.5 Å². The molecule has 49 heavy (non-hydrogen) atoms. The number of rotatable bonds is 15. The van der Waals surface area contributed by atoms with Gasteiger partial charge in [-0.3, -0.25) is 19.3 Å². The van der Waals surface area contributed by atoms with Crippen molar-refractivity contribution in [2.75, 3.05) is 63.6 Å². The number of nitrogens with one attached hydrogen (secondary N) is 2. The molecule has 0 radical (unpaired) electrons. The summed E-state index contributed by atoms with van der Waals surface area (Å²) >= 11 is 3.49. The lowest BCUT2D eigenvalue weighted by atomic mass is 10.0. The van der Waals surface area contributed by atoms with Gasteiger partial charge in [0.05, 0.1) is 0 Å². The second kappa shape index (κ2) is 16.1. The average Bonchev–Trinajstić information content (AvgIpc) is 3.68. The smallest absolute Gasteiger partial charge is 0.352 e. The SMILES string of the molecule is CN1CCN(CCCn2nnnc2SCC2=C(C(=O)O)N3C(=O)C(NC(=O)C(NOCC(=O)OC(C)(C)C)c4nsc(N)n4)[C@@H]3SC2)CC1. The van der Waals surface area contributed by atoms with Gasteiger partial charge in [-0.05, 0) is 50.2 Å². The van der Waals surface area contributed by atoms with E-state index in [2.05, 4.69) is 52.5 Å². The van der Waals surface area contributed by atoms with E-state index in [0.29, 0.717) is 23.0 Å². The fourth-order valence-electron chi connectivity index (χ4n) is 5.28. The fourth-order valence-corrected chi connectivity index (χ4v) is 8.14. The van der Waals surface area contributed by atoms with Gasteiger partial charge >= 0.3 is 11.9 Å². The number of aliphatic carboxylic acids is 1. The van der Waals surface area contributed by atoms with Gasteiger partial charge in [0.25, 0.3) is 5.91 Å². The van der Waals surface area contributed by atoms with Crippen molar-refractivity contribution >= 4 is 63.9 Å². The molecule has 0 saturated carbocycles. The number of carboxylic acids is 1. The van der Waals surface area contributed by atoms with Crippen LogP contribution in [0, 0.1) is 0 Å². The molecule has 0 bridgehead atoms. The van der Waals surface area contributed by atoms with Crippen LogP contribution in [0.1, 0.15) is 39.1 Å². The van der Waals surface area contributed by atoms with Gasteiger partial charge in [0.1, 0.15) is 22.7 Å². The lowest BCUT2D eigenvalue weighted by Crippen LogP contribution is -2.71. The van der Waals surface area contributed by atoms with Gasteiger partial charge < -0.3 is 30.7 Å². The Morgan fingerprint density at radius 2 is 1.94 bits per heavy atom. The number of esters is 1. The molecule has 0 spiro atoms. The Kier molecular flexibility index (Phi) is 12.1. The maximum atomic E-state index is 13.4. The molecule has 22 heteroatoms. The summed E-state index contributed by atoms with van der Waals surface area (Å²) in [4.78, 5) is 66.4. The van der Waals surface area contributed by atoms with Crippen molar-refractivity contribution in [2.45, 2.75) is 62.0 Å². The monoisotopic (exact) mass is 740 g/mol. The summed E-state index contributed by atoms with van der Waals surface area (Å²) in [6.07, 6.45) is 0.871. The van der Waals surface area contributed by atoms with E-state index in [1.807, 2.05) is 0 Å². The molecule has 3 aliphatic rings. The minimum Gasteiger partial charge on any atom is -0.477 e. The number of carbonyl (C=O) groups is 4. The predicted octanol–water partition coefficient (Wildman–Crippen LogP) is -0.821. The van der Waals surface area contributed by atoms with E-state index in [9.17, 15) is 24.3 Å². The lowest BCUT2D eigenvalue weighted by molar-refractivity contribution is -0.165. The Balaban J connectivity index is 1.18. The standard InChI is InChI=1S/C27H40N12O7S3/c1-27(2,3)46-16(40)12-45-32-17(20-30-25(28)49-33-20)21(41)29-18-22(42)39-19(24(43)44)15(13-47-23(18)39)14-48-26-31-34-35-38(26)7-5-6-37-10-8-36(4)9-11-37/h17-18,23,32H,5-14H2,1-4H3,(H,29,41)(H,43,44)(H2,28,30,33)/t17?,18?,23-/m0/s1. The zero-order chi connectivity index (χ0) is 35.3. The molecule has 0 aliphatic carbocycles. The van der Waals surface area contributed by atoms with Gasteiger partial charge in [0.15, 0.2) is 23.6 Å². The Hall–Kier alpha value is -3.41. The van der Waals surface area contributed by atoms with Crippen molar-refractivity contribution in [3.8, 4) is 0 Å². The van der Waals surface area contributed by atoms with Crippen LogP contribution in [0.25, 0.3) is 0 Å². The van der Waals surface area contributed by atoms with Gasteiger partial charge in [-0.2, -0.15) is 9.85 Å². The number of fused-ring (bicyclic) bond motifs is 1. The number of hydrogen-bond acceptors (Lipinski definition) is 18. The first-order valence-corrected chi connectivity index (χ1v) is 18.3. The quantitative estimate of drug-likeness (QED) is 0.0755.